The van der Waals surface area contributed by atoms with Crippen molar-refractivity contribution >= 4 is 34.8 Å². The molecular weight excluding hydrogens is 364 g/mol. The van der Waals surface area contributed by atoms with E-state index in [0.29, 0.717) is 31.1 Å². The van der Waals surface area contributed by atoms with Crippen LogP contribution in [0.15, 0.2) is 48.8 Å². The SMILES string of the molecule is O=C(C1CCN(c2ccc(Cl)cc2)C1=O)N1CCN(c2ccncc2)CC1. The van der Waals surface area contributed by atoms with Gasteiger partial charge in [-0.2, -0.15) is 0 Å². The van der Waals surface area contributed by atoms with Gasteiger partial charge in [-0.1, -0.05) is 11.6 Å². The number of carbonyl (C=O) groups excluding carboxylic acids is 2. The molecule has 6 nitrogen and oxygen atoms in total. The van der Waals surface area contributed by atoms with Crippen molar-refractivity contribution in [1.29, 1.82) is 0 Å². The molecule has 0 bridgehead atoms. The van der Waals surface area contributed by atoms with Crippen molar-refractivity contribution in [3.63, 3.8) is 0 Å². The molecule has 1 unspecified atom stereocenters. The summed E-state index contributed by atoms with van der Waals surface area (Å²) in [6.07, 6.45) is 4.11. The number of halogens is 1. The number of pyridine rings is 1. The van der Waals surface area contributed by atoms with Crippen LogP contribution in [0.1, 0.15) is 6.42 Å². The Hall–Kier alpha value is -2.60. The maximum atomic E-state index is 12.9. The van der Waals surface area contributed by atoms with Crippen molar-refractivity contribution in [3.8, 4) is 0 Å². The molecule has 7 heteroatoms. The highest BCUT2D eigenvalue weighted by atomic mass is 35.5. The smallest absolute Gasteiger partial charge is 0.239 e. The number of hydrogen-bond donors (Lipinski definition) is 0. The first kappa shape index (κ1) is 17.8. The summed E-state index contributed by atoms with van der Waals surface area (Å²) >= 11 is 5.92. The number of benzene rings is 1. The van der Waals surface area contributed by atoms with E-state index in [0.717, 1.165) is 24.5 Å². The zero-order valence-electron chi connectivity index (χ0n) is 14.9. The molecule has 1 atom stereocenters. The molecule has 1 aromatic carbocycles. The van der Waals surface area contributed by atoms with Crippen LogP contribution in [0.4, 0.5) is 11.4 Å². The molecule has 2 amide bonds. The fourth-order valence-electron chi connectivity index (χ4n) is 3.75. The average molecular weight is 385 g/mol. The van der Waals surface area contributed by atoms with Crippen LogP contribution in [0.5, 0.6) is 0 Å². The number of piperazine rings is 1. The van der Waals surface area contributed by atoms with Gasteiger partial charge in [-0.05, 0) is 42.8 Å². The van der Waals surface area contributed by atoms with E-state index in [1.165, 1.54) is 0 Å². The van der Waals surface area contributed by atoms with Crippen molar-refractivity contribution < 1.29 is 9.59 Å². The Morgan fingerprint density at radius 3 is 2.26 bits per heavy atom. The second-order valence-electron chi connectivity index (χ2n) is 6.83. The standard InChI is InChI=1S/C20H21ClN4O2/c21-15-1-3-17(4-2-15)25-10-7-18(20(25)27)19(26)24-13-11-23(12-14-24)16-5-8-22-9-6-16/h1-6,8-9,18H,7,10-14H2. The molecule has 2 aliphatic heterocycles. The van der Waals surface area contributed by atoms with Gasteiger partial charge < -0.3 is 14.7 Å². The third-order valence-electron chi connectivity index (χ3n) is 5.26. The fraction of sp³-hybridized carbons (Fsp3) is 0.350. The predicted molar refractivity (Wildman–Crippen MR) is 105 cm³/mol. The Kier molecular flexibility index (Phi) is 4.99. The lowest BCUT2D eigenvalue weighted by atomic mass is 10.1. The molecule has 0 saturated carbocycles. The van der Waals surface area contributed by atoms with E-state index in [2.05, 4.69) is 9.88 Å². The Morgan fingerprint density at radius 2 is 1.59 bits per heavy atom. The van der Waals surface area contributed by atoms with Gasteiger partial charge >= 0.3 is 0 Å². The van der Waals surface area contributed by atoms with Gasteiger partial charge in [-0.3, -0.25) is 14.6 Å². The second-order valence-corrected chi connectivity index (χ2v) is 7.26. The minimum Gasteiger partial charge on any atom is -0.368 e. The Bertz CT molecular complexity index is 820. The molecule has 140 valence electrons. The number of amides is 2. The number of rotatable bonds is 3. The van der Waals surface area contributed by atoms with Crippen LogP contribution in [0.2, 0.25) is 5.02 Å². The van der Waals surface area contributed by atoms with Gasteiger partial charge in [-0.15, -0.1) is 0 Å². The van der Waals surface area contributed by atoms with Gasteiger partial charge in [0.1, 0.15) is 5.92 Å². The summed E-state index contributed by atoms with van der Waals surface area (Å²) in [5.41, 5.74) is 1.91. The van der Waals surface area contributed by atoms with Gasteiger partial charge in [0.15, 0.2) is 0 Å². The summed E-state index contributed by atoms with van der Waals surface area (Å²) in [4.78, 5) is 35.5. The zero-order valence-corrected chi connectivity index (χ0v) is 15.7. The molecule has 2 aliphatic rings. The normalized spacial score (nSPS) is 20.3. The molecular formula is C20H21ClN4O2. The molecule has 2 aromatic rings. The van der Waals surface area contributed by atoms with E-state index in [1.807, 2.05) is 29.2 Å². The molecule has 3 heterocycles. The summed E-state index contributed by atoms with van der Waals surface area (Å²) in [5.74, 6) is -0.738. The second kappa shape index (κ2) is 7.56. The van der Waals surface area contributed by atoms with E-state index in [9.17, 15) is 9.59 Å². The van der Waals surface area contributed by atoms with Crippen molar-refractivity contribution in [1.82, 2.24) is 9.88 Å². The minimum absolute atomic E-state index is 0.0501. The molecule has 0 aliphatic carbocycles. The summed E-state index contributed by atoms with van der Waals surface area (Å²) in [6.45, 7) is 3.35. The van der Waals surface area contributed by atoms with Crippen molar-refractivity contribution in [2.24, 2.45) is 5.92 Å². The molecule has 27 heavy (non-hydrogen) atoms. The molecule has 2 fully saturated rings. The lowest BCUT2D eigenvalue weighted by molar-refractivity contribution is -0.140. The fourth-order valence-corrected chi connectivity index (χ4v) is 3.87. The van der Waals surface area contributed by atoms with Gasteiger partial charge in [0.2, 0.25) is 11.8 Å². The Balaban J connectivity index is 1.38. The van der Waals surface area contributed by atoms with Crippen LogP contribution >= 0.6 is 11.6 Å². The molecule has 0 radical (unpaired) electrons. The van der Waals surface area contributed by atoms with Crippen molar-refractivity contribution in [3.05, 3.63) is 53.8 Å². The minimum atomic E-state index is -0.576. The summed E-state index contributed by atoms with van der Waals surface area (Å²) in [6, 6.07) is 11.1. The summed E-state index contributed by atoms with van der Waals surface area (Å²) in [5, 5.41) is 0.630. The largest absolute Gasteiger partial charge is 0.368 e. The van der Waals surface area contributed by atoms with Gasteiger partial charge in [0.25, 0.3) is 0 Å². The first-order chi connectivity index (χ1) is 13.1. The third kappa shape index (κ3) is 3.62. The first-order valence-electron chi connectivity index (χ1n) is 9.14. The van der Waals surface area contributed by atoms with Crippen molar-refractivity contribution in [2.75, 3.05) is 42.5 Å². The monoisotopic (exact) mass is 384 g/mol. The molecule has 2 saturated heterocycles. The third-order valence-corrected chi connectivity index (χ3v) is 5.51. The number of aromatic nitrogens is 1. The quantitative estimate of drug-likeness (QED) is 0.763. The summed E-state index contributed by atoms with van der Waals surface area (Å²) in [7, 11) is 0. The predicted octanol–water partition coefficient (Wildman–Crippen LogP) is 2.44. The highest BCUT2D eigenvalue weighted by molar-refractivity contribution is 6.30. The van der Waals surface area contributed by atoms with Crippen LogP contribution in [-0.4, -0.2) is 54.4 Å². The van der Waals surface area contributed by atoms with Crippen LogP contribution in [0, 0.1) is 5.92 Å². The topological polar surface area (TPSA) is 56.8 Å². The van der Waals surface area contributed by atoms with Crippen LogP contribution in [0.25, 0.3) is 0 Å². The van der Waals surface area contributed by atoms with Crippen molar-refractivity contribution in [2.45, 2.75) is 6.42 Å². The van der Waals surface area contributed by atoms with Gasteiger partial charge in [-0.25, -0.2) is 0 Å². The Labute approximate surface area is 163 Å². The lowest BCUT2D eigenvalue weighted by Gasteiger charge is -2.36. The van der Waals surface area contributed by atoms with Crippen LogP contribution < -0.4 is 9.80 Å². The molecule has 0 N–H and O–H groups in total. The average Bonchev–Trinajstić information content (AvgIpc) is 3.10. The van der Waals surface area contributed by atoms with E-state index in [-0.39, 0.29) is 11.8 Å². The van der Waals surface area contributed by atoms with Crippen LogP contribution in [-0.2, 0) is 9.59 Å². The van der Waals surface area contributed by atoms with E-state index >= 15 is 0 Å². The van der Waals surface area contributed by atoms with Crippen LogP contribution in [0.3, 0.4) is 0 Å². The molecule has 1 aromatic heterocycles. The Morgan fingerprint density at radius 1 is 0.926 bits per heavy atom. The maximum absolute atomic E-state index is 12.9. The van der Waals surface area contributed by atoms with E-state index < -0.39 is 5.92 Å². The lowest BCUT2D eigenvalue weighted by Crippen LogP contribution is -2.51. The number of nitrogens with zero attached hydrogens (tertiary/aromatic N) is 4. The van der Waals surface area contributed by atoms with E-state index in [4.69, 9.17) is 11.6 Å². The number of carbonyl (C=O) groups is 2. The molecule has 0 spiro atoms. The molecule has 4 rings (SSSR count). The number of anilines is 2. The zero-order chi connectivity index (χ0) is 18.8. The van der Waals surface area contributed by atoms with Gasteiger partial charge in [0, 0.05) is 61.5 Å². The summed E-state index contributed by atoms with van der Waals surface area (Å²) < 4.78 is 0. The van der Waals surface area contributed by atoms with Gasteiger partial charge in [0.05, 0.1) is 0 Å². The highest BCUT2D eigenvalue weighted by Crippen LogP contribution is 2.28. The first-order valence-corrected chi connectivity index (χ1v) is 9.52. The van der Waals surface area contributed by atoms with E-state index in [1.54, 1.807) is 29.4 Å². The number of hydrogen-bond acceptors (Lipinski definition) is 4. The highest BCUT2D eigenvalue weighted by Gasteiger charge is 2.40. The maximum Gasteiger partial charge on any atom is 0.239 e.